The van der Waals surface area contributed by atoms with E-state index in [0.717, 1.165) is 12.1 Å². The van der Waals surface area contributed by atoms with Crippen molar-refractivity contribution in [1.29, 1.82) is 0 Å². The van der Waals surface area contributed by atoms with Crippen molar-refractivity contribution in [3.8, 4) is 5.75 Å². The number of benzene rings is 2. The third-order valence-electron chi connectivity index (χ3n) is 5.28. The Morgan fingerprint density at radius 1 is 1.14 bits per heavy atom. The SMILES string of the molecule is COc1ccc(S(=O)(=O)N2CCOCC2)cc1NC(=O)CN(c1cc(C(F)(F)F)ccc1Cl)S(C)(=O)=O. The number of nitrogens with one attached hydrogen (secondary N) is 1. The molecular formula is C21H23ClF3N3O7S2. The second-order valence-corrected chi connectivity index (χ2v) is 12.1. The highest BCUT2D eigenvalue weighted by Crippen LogP contribution is 2.36. The molecule has 1 amide bonds. The van der Waals surface area contributed by atoms with Gasteiger partial charge in [-0.3, -0.25) is 9.10 Å². The van der Waals surface area contributed by atoms with Gasteiger partial charge in [-0.2, -0.15) is 17.5 Å². The lowest BCUT2D eigenvalue weighted by Crippen LogP contribution is -2.40. The molecule has 2 aromatic rings. The molecule has 0 radical (unpaired) electrons. The zero-order valence-corrected chi connectivity index (χ0v) is 22.0. The molecular weight excluding hydrogens is 563 g/mol. The lowest BCUT2D eigenvalue weighted by molar-refractivity contribution is -0.137. The molecule has 1 fully saturated rings. The minimum atomic E-state index is -4.79. The second-order valence-electron chi connectivity index (χ2n) is 7.86. The average molecular weight is 586 g/mol. The minimum Gasteiger partial charge on any atom is -0.495 e. The van der Waals surface area contributed by atoms with E-state index in [2.05, 4.69) is 5.32 Å². The van der Waals surface area contributed by atoms with E-state index >= 15 is 0 Å². The van der Waals surface area contributed by atoms with Crippen LogP contribution in [-0.2, 0) is 35.8 Å². The molecule has 16 heteroatoms. The summed E-state index contributed by atoms with van der Waals surface area (Å²) in [4.78, 5) is 12.7. The quantitative estimate of drug-likeness (QED) is 0.505. The number of methoxy groups -OCH3 is 1. The van der Waals surface area contributed by atoms with Gasteiger partial charge in [-0.25, -0.2) is 16.8 Å². The van der Waals surface area contributed by atoms with Crippen LogP contribution in [-0.4, -0.2) is 73.3 Å². The molecule has 10 nitrogen and oxygen atoms in total. The molecule has 0 aliphatic carbocycles. The third kappa shape index (κ3) is 6.84. The van der Waals surface area contributed by atoms with Gasteiger partial charge >= 0.3 is 6.18 Å². The summed E-state index contributed by atoms with van der Waals surface area (Å²) in [5, 5.41) is 2.04. The first-order valence-corrected chi connectivity index (χ1v) is 14.2. The predicted molar refractivity (Wildman–Crippen MR) is 130 cm³/mol. The van der Waals surface area contributed by atoms with Crippen molar-refractivity contribution >= 4 is 48.9 Å². The van der Waals surface area contributed by atoms with Crippen molar-refractivity contribution in [3.05, 3.63) is 47.0 Å². The van der Waals surface area contributed by atoms with Gasteiger partial charge in [0.25, 0.3) is 0 Å². The van der Waals surface area contributed by atoms with Gasteiger partial charge in [-0.05, 0) is 36.4 Å². The predicted octanol–water partition coefficient (Wildman–Crippen LogP) is 2.79. The largest absolute Gasteiger partial charge is 0.495 e. The highest BCUT2D eigenvalue weighted by molar-refractivity contribution is 7.92. The van der Waals surface area contributed by atoms with Crippen molar-refractivity contribution in [2.45, 2.75) is 11.1 Å². The maximum atomic E-state index is 13.2. The summed E-state index contributed by atoms with van der Waals surface area (Å²) in [5.41, 5.74) is -1.81. The molecule has 0 bridgehead atoms. The third-order valence-corrected chi connectivity index (χ3v) is 8.62. The van der Waals surface area contributed by atoms with E-state index in [1.54, 1.807) is 0 Å². The van der Waals surface area contributed by atoms with Crippen molar-refractivity contribution < 1.29 is 44.3 Å². The number of alkyl halides is 3. The summed E-state index contributed by atoms with van der Waals surface area (Å²) in [6, 6.07) is 5.80. The van der Waals surface area contributed by atoms with E-state index in [1.165, 1.54) is 23.5 Å². The number of halogens is 4. The number of rotatable bonds is 8. The summed E-state index contributed by atoms with van der Waals surface area (Å²) in [7, 11) is -6.95. The number of nitrogens with zero attached hydrogens (tertiary/aromatic N) is 2. The Morgan fingerprint density at radius 3 is 2.35 bits per heavy atom. The highest BCUT2D eigenvalue weighted by Gasteiger charge is 2.33. The summed E-state index contributed by atoms with van der Waals surface area (Å²) in [6.45, 7) is -0.242. The highest BCUT2D eigenvalue weighted by atomic mass is 35.5. The molecule has 37 heavy (non-hydrogen) atoms. The number of ether oxygens (including phenoxy) is 2. The molecule has 0 spiro atoms. The van der Waals surface area contributed by atoms with Crippen LogP contribution in [0, 0.1) is 0 Å². The van der Waals surface area contributed by atoms with E-state index in [4.69, 9.17) is 21.1 Å². The Bertz CT molecular complexity index is 1380. The maximum Gasteiger partial charge on any atom is 0.416 e. The molecule has 1 N–H and O–H groups in total. The van der Waals surface area contributed by atoms with Gasteiger partial charge in [-0.1, -0.05) is 11.6 Å². The molecule has 3 rings (SSSR count). The summed E-state index contributed by atoms with van der Waals surface area (Å²) >= 11 is 5.98. The fourth-order valence-corrected chi connectivity index (χ4v) is 6.03. The molecule has 204 valence electrons. The van der Waals surface area contributed by atoms with E-state index in [1.807, 2.05) is 0 Å². The van der Waals surface area contributed by atoms with Crippen molar-refractivity contribution in [2.24, 2.45) is 0 Å². The van der Waals surface area contributed by atoms with Gasteiger partial charge < -0.3 is 14.8 Å². The van der Waals surface area contributed by atoms with Crippen LogP contribution in [0.4, 0.5) is 24.5 Å². The smallest absolute Gasteiger partial charge is 0.416 e. The normalized spacial score (nSPS) is 15.3. The minimum absolute atomic E-state index is 0.0669. The number of hydrogen-bond donors (Lipinski definition) is 1. The molecule has 1 saturated heterocycles. The number of carbonyl (C=O) groups excluding carboxylic acids is 1. The first-order chi connectivity index (χ1) is 17.1. The summed E-state index contributed by atoms with van der Waals surface area (Å²) in [5.74, 6) is -0.921. The van der Waals surface area contributed by atoms with Gasteiger partial charge in [0.05, 0.1) is 53.4 Å². The van der Waals surface area contributed by atoms with Crippen molar-refractivity contribution in [2.75, 3.05) is 55.8 Å². The second kappa shape index (κ2) is 11.0. The van der Waals surface area contributed by atoms with Crippen LogP contribution in [0.25, 0.3) is 0 Å². The van der Waals surface area contributed by atoms with Crippen LogP contribution in [0.15, 0.2) is 41.3 Å². The molecule has 1 heterocycles. The molecule has 1 aliphatic heterocycles. The first-order valence-electron chi connectivity index (χ1n) is 10.5. The van der Waals surface area contributed by atoms with Crippen LogP contribution < -0.4 is 14.4 Å². The van der Waals surface area contributed by atoms with Crippen molar-refractivity contribution in [1.82, 2.24) is 4.31 Å². The lowest BCUT2D eigenvalue weighted by atomic mass is 10.2. The number of hydrogen-bond acceptors (Lipinski definition) is 7. The molecule has 1 aliphatic rings. The maximum absolute atomic E-state index is 13.2. The molecule has 2 aromatic carbocycles. The lowest BCUT2D eigenvalue weighted by Gasteiger charge is -2.26. The van der Waals surface area contributed by atoms with E-state index in [0.29, 0.717) is 22.7 Å². The number of amides is 1. The zero-order valence-electron chi connectivity index (χ0n) is 19.6. The zero-order chi connectivity index (χ0) is 27.6. The van der Waals surface area contributed by atoms with Crippen LogP contribution in [0.5, 0.6) is 5.75 Å². The van der Waals surface area contributed by atoms with E-state index < -0.39 is 49.9 Å². The molecule has 0 unspecified atom stereocenters. The van der Waals surface area contributed by atoms with E-state index in [-0.39, 0.29) is 47.7 Å². The van der Waals surface area contributed by atoms with Gasteiger partial charge in [0.1, 0.15) is 12.3 Å². The number of morpholine rings is 1. The standard InChI is InChI=1S/C21H23ClF3N3O7S2/c1-34-19-6-4-15(37(32,33)27-7-9-35-10-8-27)12-17(19)26-20(29)13-28(36(2,30)31)18-11-14(21(23,24)25)3-5-16(18)22/h3-6,11-12H,7-10,13H2,1-2H3,(H,26,29). The fourth-order valence-electron chi connectivity index (χ4n) is 3.46. The topological polar surface area (TPSA) is 122 Å². The van der Waals surface area contributed by atoms with Crippen LogP contribution in [0.3, 0.4) is 0 Å². The van der Waals surface area contributed by atoms with Crippen LogP contribution >= 0.6 is 11.6 Å². The molecule has 0 atom stereocenters. The van der Waals surface area contributed by atoms with Crippen LogP contribution in [0.1, 0.15) is 5.56 Å². The van der Waals surface area contributed by atoms with Gasteiger partial charge in [-0.15, -0.1) is 0 Å². The Hall–Kier alpha value is -2.59. The average Bonchev–Trinajstić information content (AvgIpc) is 2.82. The number of anilines is 2. The van der Waals surface area contributed by atoms with E-state index in [9.17, 15) is 34.8 Å². The molecule has 0 aromatic heterocycles. The fraction of sp³-hybridized carbons (Fsp3) is 0.381. The Balaban J connectivity index is 1.92. The first kappa shape index (κ1) is 29.0. The Labute approximate surface area is 217 Å². The number of carbonyl (C=O) groups is 1. The van der Waals surface area contributed by atoms with Gasteiger partial charge in [0.15, 0.2) is 0 Å². The number of sulfonamides is 2. The summed E-state index contributed by atoms with van der Waals surface area (Å²) in [6.07, 6.45) is -4.09. The van der Waals surface area contributed by atoms with Gasteiger partial charge in [0.2, 0.25) is 26.0 Å². The van der Waals surface area contributed by atoms with Crippen molar-refractivity contribution in [3.63, 3.8) is 0 Å². The summed E-state index contributed by atoms with van der Waals surface area (Å²) < 4.78 is 102. The molecule has 0 saturated carbocycles. The monoisotopic (exact) mass is 585 g/mol. The van der Waals surface area contributed by atoms with Crippen LogP contribution in [0.2, 0.25) is 5.02 Å². The Morgan fingerprint density at radius 2 is 1.78 bits per heavy atom. The van der Waals surface area contributed by atoms with Gasteiger partial charge in [0, 0.05) is 13.1 Å². The Kier molecular flexibility index (Phi) is 8.64.